The van der Waals surface area contributed by atoms with Crippen LogP contribution in [0.15, 0.2) is 48.0 Å². The Bertz CT molecular complexity index is 1020. The topological polar surface area (TPSA) is 87.1 Å². The van der Waals surface area contributed by atoms with Gasteiger partial charge in [0.25, 0.3) is 11.7 Å². The zero-order chi connectivity index (χ0) is 21.4. The van der Waals surface area contributed by atoms with Gasteiger partial charge in [0.05, 0.1) is 17.7 Å². The monoisotopic (exact) mass is 407 g/mol. The Balaban J connectivity index is 1.83. The van der Waals surface area contributed by atoms with Crippen LogP contribution in [0, 0.1) is 13.8 Å². The van der Waals surface area contributed by atoms with E-state index in [1.807, 2.05) is 26.0 Å². The van der Waals surface area contributed by atoms with Crippen molar-refractivity contribution < 1.29 is 24.5 Å². The maximum absolute atomic E-state index is 13.0. The summed E-state index contributed by atoms with van der Waals surface area (Å²) in [6.45, 7) is 4.82. The van der Waals surface area contributed by atoms with Gasteiger partial charge >= 0.3 is 0 Å². The molecule has 2 N–H and O–H groups in total. The van der Waals surface area contributed by atoms with Crippen LogP contribution >= 0.6 is 0 Å². The number of carbonyl (C=O) groups is 2. The molecule has 0 saturated carbocycles. The fraction of sp³-hybridized carbons (Fsp3) is 0.333. The number of benzene rings is 2. The summed E-state index contributed by atoms with van der Waals surface area (Å²) in [6.07, 6.45) is 1.60. The summed E-state index contributed by atoms with van der Waals surface area (Å²) in [6, 6.07) is 11.1. The third kappa shape index (κ3) is 3.59. The number of aryl methyl sites for hydroxylation is 2. The molecular formula is C24H25NO5. The van der Waals surface area contributed by atoms with Crippen LogP contribution in [-0.4, -0.2) is 46.1 Å². The molecule has 2 aliphatic heterocycles. The number of ether oxygens (including phenoxy) is 1. The quantitative estimate of drug-likeness (QED) is 0.459. The predicted octanol–water partition coefficient (Wildman–Crippen LogP) is 3.61. The van der Waals surface area contributed by atoms with Crippen molar-refractivity contribution in [3.8, 4) is 5.75 Å². The Morgan fingerprint density at radius 1 is 1.10 bits per heavy atom. The molecule has 0 aromatic heterocycles. The minimum absolute atomic E-state index is 0.0620. The van der Waals surface area contributed by atoms with Gasteiger partial charge in [-0.2, -0.15) is 0 Å². The van der Waals surface area contributed by atoms with Crippen LogP contribution in [0.25, 0.3) is 5.76 Å². The lowest BCUT2D eigenvalue weighted by Crippen LogP contribution is -2.36. The van der Waals surface area contributed by atoms with E-state index in [1.165, 1.54) is 17.0 Å². The number of likely N-dealkylation sites (tertiary alicyclic amines) is 1. The Morgan fingerprint density at radius 2 is 1.83 bits per heavy atom. The second kappa shape index (κ2) is 7.95. The highest BCUT2D eigenvalue weighted by Gasteiger charge is 2.47. The summed E-state index contributed by atoms with van der Waals surface area (Å²) in [4.78, 5) is 27.4. The molecule has 30 heavy (non-hydrogen) atoms. The number of phenols is 1. The van der Waals surface area contributed by atoms with Gasteiger partial charge in [-0.3, -0.25) is 9.59 Å². The Kier molecular flexibility index (Phi) is 5.35. The Labute approximate surface area is 175 Å². The van der Waals surface area contributed by atoms with E-state index >= 15 is 0 Å². The largest absolute Gasteiger partial charge is 0.508 e. The highest BCUT2D eigenvalue weighted by Crippen LogP contribution is 2.40. The molecule has 0 aliphatic carbocycles. The first kappa shape index (κ1) is 20.2. The molecular weight excluding hydrogens is 382 g/mol. The minimum Gasteiger partial charge on any atom is -0.508 e. The molecule has 2 aliphatic rings. The second-order valence-corrected chi connectivity index (χ2v) is 7.98. The second-order valence-electron chi connectivity index (χ2n) is 7.98. The first-order valence-corrected chi connectivity index (χ1v) is 10.1. The SMILES string of the molecule is Cc1ccc(/C(O)=C2/C(=O)C(=O)N(CC3CCCO3)C2c2ccc(O)cc2)cc1C. The third-order valence-electron chi connectivity index (χ3n) is 5.95. The fourth-order valence-electron chi connectivity index (χ4n) is 4.12. The van der Waals surface area contributed by atoms with Gasteiger partial charge in [0, 0.05) is 18.7 Å². The molecule has 6 heteroatoms. The highest BCUT2D eigenvalue weighted by molar-refractivity contribution is 6.46. The summed E-state index contributed by atoms with van der Waals surface area (Å²) >= 11 is 0. The molecule has 2 aromatic carbocycles. The van der Waals surface area contributed by atoms with Gasteiger partial charge < -0.3 is 19.8 Å². The standard InChI is InChI=1S/C24H25NO5/c1-14-5-6-17(12-15(14)2)22(27)20-21(16-7-9-18(26)10-8-16)25(24(29)23(20)28)13-19-4-3-11-30-19/h5-10,12,19,21,26-27H,3-4,11,13H2,1-2H3/b22-20-. The molecule has 2 fully saturated rings. The molecule has 2 aromatic rings. The van der Waals surface area contributed by atoms with Crippen LogP contribution in [-0.2, 0) is 14.3 Å². The number of rotatable bonds is 4. The van der Waals surface area contributed by atoms with Crippen molar-refractivity contribution in [2.45, 2.75) is 38.8 Å². The number of ketones is 1. The van der Waals surface area contributed by atoms with Crippen LogP contribution < -0.4 is 0 Å². The molecule has 2 heterocycles. The number of phenolic OH excluding ortho intramolecular Hbond substituents is 1. The van der Waals surface area contributed by atoms with Crippen molar-refractivity contribution in [2.75, 3.05) is 13.2 Å². The summed E-state index contributed by atoms with van der Waals surface area (Å²) < 4.78 is 5.69. The molecule has 2 saturated heterocycles. The lowest BCUT2D eigenvalue weighted by molar-refractivity contribution is -0.140. The van der Waals surface area contributed by atoms with E-state index in [4.69, 9.17) is 4.74 Å². The average molecular weight is 407 g/mol. The van der Waals surface area contributed by atoms with Gasteiger partial charge in [-0.25, -0.2) is 0 Å². The number of aromatic hydroxyl groups is 1. The number of amides is 1. The number of aliphatic hydroxyl groups excluding tert-OH is 1. The van der Waals surface area contributed by atoms with Gasteiger partial charge in [-0.05, 0) is 61.6 Å². The van der Waals surface area contributed by atoms with Crippen molar-refractivity contribution in [3.05, 3.63) is 70.3 Å². The van der Waals surface area contributed by atoms with Crippen LogP contribution in [0.1, 0.15) is 41.1 Å². The lowest BCUT2D eigenvalue weighted by Gasteiger charge is -2.27. The number of carbonyl (C=O) groups excluding carboxylic acids is 2. The lowest BCUT2D eigenvalue weighted by atomic mass is 9.94. The molecule has 4 rings (SSSR count). The van der Waals surface area contributed by atoms with Crippen molar-refractivity contribution in [3.63, 3.8) is 0 Å². The molecule has 2 unspecified atom stereocenters. The third-order valence-corrected chi connectivity index (χ3v) is 5.95. The van der Waals surface area contributed by atoms with Crippen molar-refractivity contribution >= 4 is 17.4 Å². The van der Waals surface area contributed by atoms with Crippen molar-refractivity contribution in [1.82, 2.24) is 4.90 Å². The number of Topliss-reactive ketones (excluding diaryl/α,β-unsaturated/α-hetero) is 1. The van der Waals surface area contributed by atoms with Crippen molar-refractivity contribution in [2.24, 2.45) is 0 Å². The molecule has 2 atom stereocenters. The van der Waals surface area contributed by atoms with E-state index in [0.29, 0.717) is 17.7 Å². The minimum atomic E-state index is -0.739. The number of hydrogen-bond acceptors (Lipinski definition) is 5. The smallest absolute Gasteiger partial charge is 0.295 e. The summed E-state index contributed by atoms with van der Waals surface area (Å²) in [5.41, 5.74) is 3.26. The predicted molar refractivity (Wildman–Crippen MR) is 112 cm³/mol. The summed E-state index contributed by atoms with van der Waals surface area (Å²) in [5, 5.41) is 20.8. The molecule has 0 bridgehead atoms. The molecule has 156 valence electrons. The van der Waals surface area contributed by atoms with Gasteiger partial charge in [0.1, 0.15) is 11.5 Å². The van der Waals surface area contributed by atoms with Crippen molar-refractivity contribution in [1.29, 1.82) is 0 Å². The molecule has 0 radical (unpaired) electrons. The van der Waals surface area contributed by atoms with E-state index in [9.17, 15) is 19.8 Å². The molecule has 6 nitrogen and oxygen atoms in total. The van der Waals surface area contributed by atoms with Gasteiger partial charge in [0.2, 0.25) is 0 Å². The van der Waals surface area contributed by atoms with Gasteiger partial charge in [-0.15, -0.1) is 0 Å². The van der Waals surface area contributed by atoms with Crippen LogP contribution in [0.4, 0.5) is 0 Å². The maximum atomic E-state index is 13.0. The summed E-state index contributed by atoms with van der Waals surface area (Å²) in [7, 11) is 0. The van der Waals surface area contributed by atoms with Crippen LogP contribution in [0.5, 0.6) is 5.75 Å². The number of nitrogens with zero attached hydrogens (tertiary/aromatic N) is 1. The normalized spacial score (nSPS) is 23.3. The first-order chi connectivity index (χ1) is 14.4. The van der Waals surface area contributed by atoms with E-state index in [2.05, 4.69) is 0 Å². The van der Waals surface area contributed by atoms with E-state index < -0.39 is 17.7 Å². The van der Waals surface area contributed by atoms with Gasteiger partial charge in [-0.1, -0.05) is 24.3 Å². The van der Waals surface area contributed by atoms with Crippen LogP contribution in [0.3, 0.4) is 0 Å². The first-order valence-electron chi connectivity index (χ1n) is 10.1. The Hall–Kier alpha value is -3.12. The highest BCUT2D eigenvalue weighted by atomic mass is 16.5. The summed E-state index contributed by atoms with van der Waals surface area (Å²) in [5.74, 6) is -1.45. The Morgan fingerprint density at radius 3 is 2.47 bits per heavy atom. The van der Waals surface area contributed by atoms with E-state index in [0.717, 1.165) is 24.0 Å². The van der Waals surface area contributed by atoms with E-state index in [1.54, 1.807) is 18.2 Å². The number of hydrogen-bond donors (Lipinski definition) is 2. The van der Waals surface area contributed by atoms with Gasteiger partial charge in [0.15, 0.2) is 0 Å². The molecule has 1 amide bonds. The average Bonchev–Trinajstić information content (AvgIpc) is 3.33. The zero-order valence-electron chi connectivity index (χ0n) is 17.1. The molecule has 0 spiro atoms. The maximum Gasteiger partial charge on any atom is 0.295 e. The zero-order valence-corrected chi connectivity index (χ0v) is 17.1. The fourth-order valence-corrected chi connectivity index (χ4v) is 4.12. The van der Waals surface area contributed by atoms with E-state index in [-0.39, 0.29) is 29.7 Å². The van der Waals surface area contributed by atoms with Crippen LogP contribution in [0.2, 0.25) is 0 Å². The number of aliphatic hydroxyl groups is 1.